The molecule has 2 atom stereocenters. The molecule has 0 saturated carbocycles. The standard InChI is InChI=1S/C22H22N2O4/c25-20(8-7-17-5-3-13-27-17)23-11-9-16(10-12-23)24-21-18-6-2-1-4-15(18)14-19(21)28-22(24)26/h1-8,13,16,19,21H,9-12,14H2. The van der Waals surface area contributed by atoms with Crippen molar-refractivity contribution in [2.45, 2.75) is 37.5 Å². The molecule has 1 aromatic heterocycles. The van der Waals surface area contributed by atoms with E-state index in [0.29, 0.717) is 18.8 Å². The Morgan fingerprint density at radius 3 is 2.71 bits per heavy atom. The number of hydrogen-bond donors (Lipinski definition) is 0. The third kappa shape index (κ3) is 2.89. The van der Waals surface area contributed by atoms with Crippen LogP contribution >= 0.6 is 0 Å². The predicted octanol–water partition coefficient (Wildman–Crippen LogP) is 3.40. The van der Waals surface area contributed by atoms with Crippen molar-refractivity contribution in [2.24, 2.45) is 0 Å². The lowest BCUT2D eigenvalue weighted by Crippen LogP contribution is -2.47. The summed E-state index contributed by atoms with van der Waals surface area (Å²) in [5.41, 5.74) is 2.48. The summed E-state index contributed by atoms with van der Waals surface area (Å²) in [6, 6.07) is 12.0. The highest BCUT2D eigenvalue weighted by Gasteiger charge is 2.50. The average Bonchev–Trinajstić information content (AvgIpc) is 3.42. The number of likely N-dealkylation sites (tertiary alicyclic amines) is 1. The van der Waals surface area contributed by atoms with Crippen LogP contribution in [0.4, 0.5) is 4.79 Å². The number of nitrogens with zero attached hydrogens (tertiary/aromatic N) is 2. The largest absolute Gasteiger partial charge is 0.465 e. The van der Waals surface area contributed by atoms with Crippen LogP contribution in [-0.4, -0.2) is 47.0 Å². The molecule has 144 valence electrons. The summed E-state index contributed by atoms with van der Waals surface area (Å²) in [7, 11) is 0. The van der Waals surface area contributed by atoms with Gasteiger partial charge in [-0.15, -0.1) is 0 Å². The number of ether oxygens (including phenoxy) is 1. The van der Waals surface area contributed by atoms with Crippen molar-refractivity contribution < 1.29 is 18.7 Å². The van der Waals surface area contributed by atoms with Crippen LogP contribution in [0.5, 0.6) is 0 Å². The van der Waals surface area contributed by atoms with Crippen LogP contribution < -0.4 is 0 Å². The minimum absolute atomic E-state index is 0.00907. The Kier molecular flexibility index (Phi) is 4.19. The zero-order chi connectivity index (χ0) is 19.1. The molecule has 1 aromatic carbocycles. The van der Waals surface area contributed by atoms with E-state index in [1.165, 1.54) is 11.1 Å². The van der Waals surface area contributed by atoms with Gasteiger partial charge in [-0.3, -0.25) is 9.69 Å². The van der Waals surface area contributed by atoms with Crippen LogP contribution in [0.25, 0.3) is 6.08 Å². The zero-order valence-electron chi connectivity index (χ0n) is 15.5. The van der Waals surface area contributed by atoms with Gasteiger partial charge in [-0.05, 0) is 42.2 Å². The number of carbonyl (C=O) groups excluding carboxylic acids is 2. The van der Waals surface area contributed by atoms with Crippen molar-refractivity contribution in [1.82, 2.24) is 9.80 Å². The molecule has 0 N–H and O–H groups in total. The van der Waals surface area contributed by atoms with Crippen LogP contribution in [0.1, 0.15) is 35.8 Å². The van der Waals surface area contributed by atoms with Gasteiger partial charge in [0.15, 0.2) is 0 Å². The molecule has 0 radical (unpaired) electrons. The molecule has 6 nitrogen and oxygen atoms in total. The maximum atomic E-state index is 12.5. The molecule has 2 aromatic rings. The van der Waals surface area contributed by atoms with Crippen molar-refractivity contribution in [3.8, 4) is 0 Å². The van der Waals surface area contributed by atoms with Crippen molar-refractivity contribution in [3.05, 3.63) is 65.6 Å². The number of fused-ring (bicyclic) bond motifs is 3. The number of benzene rings is 1. The van der Waals surface area contributed by atoms with Gasteiger partial charge in [0.05, 0.1) is 12.3 Å². The molecular weight excluding hydrogens is 356 g/mol. The molecule has 2 aliphatic heterocycles. The van der Waals surface area contributed by atoms with Crippen LogP contribution in [0.2, 0.25) is 0 Å². The molecule has 2 unspecified atom stereocenters. The quantitative estimate of drug-likeness (QED) is 0.768. The molecule has 2 fully saturated rings. The van der Waals surface area contributed by atoms with Crippen molar-refractivity contribution >= 4 is 18.1 Å². The average molecular weight is 378 g/mol. The second-order valence-corrected chi connectivity index (χ2v) is 7.58. The van der Waals surface area contributed by atoms with Gasteiger partial charge in [0.1, 0.15) is 11.9 Å². The number of hydrogen-bond acceptors (Lipinski definition) is 4. The van der Waals surface area contributed by atoms with Crippen LogP contribution in [0.3, 0.4) is 0 Å². The highest BCUT2D eigenvalue weighted by Crippen LogP contribution is 2.44. The van der Waals surface area contributed by atoms with E-state index in [-0.39, 0.29) is 30.2 Å². The summed E-state index contributed by atoms with van der Waals surface area (Å²) in [5.74, 6) is 0.636. The second-order valence-electron chi connectivity index (χ2n) is 7.58. The van der Waals surface area contributed by atoms with Gasteiger partial charge in [0.25, 0.3) is 0 Å². The van der Waals surface area contributed by atoms with E-state index < -0.39 is 0 Å². The Hall–Kier alpha value is -3.02. The first kappa shape index (κ1) is 17.1. The molecular formula is C22H22N2O4. The molecule has 1 aliphatic carbocycles. The highest BCUT2D eigenvalue weighted by molar-refractivity contribution is 5.91. The van der Waals surface area contributed by atoms with E-state index in [0.717, 1.165) is 19.3 Å². The first-order chi connectivity index (χ1) is 13.7. The predicted molar refractivity (Wildman–Crippen MR) is 102 cm³/mol. The molecule has 3 heterocycles. The van der Waals surface area contributed by atoms with Crippen molar-refractivity contribution in [3.63, 3.8) is 0 Å². The minimum Gasteiger partial charge on any atom is -0.465 e. The fraction of sp³-hybridized carbons (Fsp3) is 0.364. The fourth-order valence-corrected chi connectivity index (χ4v) is 4.66. The lowest BCUT2D eigenvalue weighted by molar-refractivity contribution is -0.127. The monoisotopic (exact) mass is 378 g/mol. The molecule has 5 rings (SSSR count). The van der Waals surface area contributed by atoms with Crippen LogP contribution in [0, 0.1) is 0 Å². The number of carbonyl (C=O) groups is 2. The van der Waals surface area contributed by atoms with E-state index in [2.05, 4.69) is 12.1 Å². The molecule has 2 saturated heterocycles. The maximum absolute atomic E-state index is 12.5. The van der Waals surface area contributed by atoms with Gasteiger partial charge in [0, 0.05) is 31.6 Å². The summed E-state index contributed by atoms with van der Waals surface area (Å²) in [5, 5.41) is 0. The molecule has 0 spiro atoms. The number of furan rings is 1. The van der Waals surface area contributed by atoms with Gasteiger partial charge in [-0.2, -0.15) is 0 Å². The summed E-state index contributed by atoms with van der Waals surface area (Å²) >= 11 is 0. The Morgan fingerprint density at radius 1 is 1.11 bits per heavy atom. The zero-order valence-corrected chi connectivity index (χ0v) is 15.5. The Morgan fingerprint density at radius 2 is 1.93 bits per heavy atom. The third-order valence-electron chi connectivity index (χ3n) is 6.01. The Labute approximate surface area is 163 Å². The molecule has 2 amide bonds. The molecule has 0 bridgehead atoms. The Bertz CT molecular complexity index is 912. The summed E-state index contributed by atoms with van der Waals surface area (Å²) in [6.07, 6.45) is 6.84. The first-order valence-corrected chi connectivity index (χ1v) is 9.78. The van der Waals surface area contributed by atoms with Gasteiger partial charge in [0.2, 0.25) is 5.91 Å². The smallest absolute Gasteiger partial charge is 0.411 e. The highest BCUT2D eigenvalue weighted by atomic mass is 16.6. The fourth-order valence-electron chi connectivity index (χ4n) is 4.66. The lowest BCUT2D eigenvalue weighted by Gasteiger charge is -2.37. The SMILES string of the molecule is O=C(C=Cc1ccco1)N1CCC(N2C(=O)OC3Cc4ccccc4C32)CC1. The summed E-state index contributed by atoms with van der Waals surface area (Å²) in [6.45, 7) is 1.27. The van der Waals surface area contributed by atoms with Crippen LogP contribution in [0.15, 0.2) is 53.2 Å². The second kappa shape index (κ2) is 6.86. The number of rotatable bonds is 3. The van der Waals surface area contributed by atoms with Gasteiger partial charge >= 0.3 is 6.09 Å². The van der Waals surface area contributed by atoms with E-state index in [1.54, 1.807) is 24.5 Å². The van der Waals surface area contributed by atoms with E-state index in [9.17, 15) is 9.59 Å². The first-order valence-electron chi connectivity index (χ1n) is 9.78. The molecule has 6 heteroatoms. The lowest BCUT2D eigenvalue weighted by atomic mass is 9.99. The Balaban J connectivity index is 1.25. The maximum Gasteiger partial charge on any atom is 0.411 e. The van der Waals surface area contributed by atoms with Crippen molar-refractivity contribution in [2.75, 3.05) is 13.1 Å². The topological polar surface area (TPSA) is 63.0 Å². The van der Waals surface area contributed by atoms with E-state index in [1.807, 2.05) is 28.0 Å². The van der Waals surface area contributed by atoms with E-state index in [4.69, 9.17) is 9.15 Å². The van der Waals surface area contributed by atoms with Gasteiger partial charge in [-0.25, -0.2) is 4.79 Å². The van der Waals surface area contributed by atoms with Crippen molar-refractivity contribution in [1.29, 1.82) is 0 Å². The number of piperidine rings is 1. The number of amides is 2. The minimum atomic E-state index is -0.216. The summed E-state index contributed by atoms with van der Waals surface area (Å²) in [4.78, 5) is 28.7. The molecule has 3 aliphatic rings. The third-order valence-corrected chi connectivity index (χ3v) is 6.01. The van der Waals surface area contributed by atoms with E-state index >= 15 is 0 Å². The summed E-state index contributed by atoms with van der Waals surface area (Å²) < 4.78 is 10.9. The molecule has 28 heavy (non-hydrogen) atoms. The normalized spacial score (nSPS) is 24.5. The van der Waals surface area contributed by atoms with Crippen LogP contribution in [-0.2, 0) is 16.0 Å². The van der Waals surface area contributed by atoms with Gasteiger partial charge in [-0.1, -0.05) is 24.3 Å². The van der Waals surface area contributed by atoms with Gasteiger partial charge < -0.3 is 14.1 Å².